The van der Waals surface area contributed by atoms with E-state index in [0.29, 0.717) is 27.8 Å². The monoisotopic (exact) mass is 425 g/mol. The third-order valence-electron chi connectivity index (χ3n) is 3.29. The van der Waals surface area contributed by atoms with Crippen LogP contribution in [-0.4, -0.2) is 26.5 Å². The van der Waals surface area contributed by atoms with Crippen molar-refractivity contribution in [3.63, 3.8) is 0 Å². The Morgan fingerprint density at radius 1 is 1.20 bits per heavy atom. The van der Waals surface area contributed by atoms with Gasteiger partial charge in [0.2, 0.25) is 0 Å². The van der Waals surface area contributed by atoms with Crippen molar-refractivity contribution >= 4 is 45.5 Å². The molecular weight excluding hydrogens is 410 g/mol. The van der Waals surface area contributed by atoms with E-state index in [1.807, 2.05) is 19.1 Å². The molecule has 0 atom stereocenters. The molecule has 6 nitrogen and oxygen atoms in total. The Bertz CT molecular complexity index is 812. The van der Waals surface area contributed by atoms with E-state index < -0.39 is 6.03 Å². The lowest BCUT2D eigenvalue weighted by atomic mass is 10.2. The van der Waals surface area contributed by atoms with Gasteiger partial charge in [0.15, 0.2) is 11.5 Å². The number of carbonyl (C=O) groups excluding carboxylic acids is 1. The molecule has 0 aliphatic carbocycles. The minimum absolute atomic E-state index is 0.423. The Morgan fingerprint density at radius 3 is 2.52 bits per heavy atom. The van der Waals surface area contributed by atoms with Gasteiger partial charge in [-0.25, -0.2) is 10.2 Å². The van der Waals surface area contributed by atoms with Gasteiger partial charge in [-0.2, -0.15) is 5.10 Å². The summed E-state index contributed by atoms with van der Waals surface area (Å²) in [6.07, 6.45) is 1.43. The summed E-state index contributed by atoms with van der Waals surface area (Å²) in [7, 11) is 3.05. The van der Waals surface area contributed by atoms with Gasteiger partial charge in [0.25, 0.3) is 0 Å². The molecule has 0 radical (unpaired) electrons. The van der Waals surface area contributed by atoms with Crippen LogP contribution in [0.3, 0.4) is 0 Å². The fourth-order valence-electron chi connectivity index (χ4n) is 2.01. The topological polar surface area (TPSA) is 72.0 Å². The molecule has 0 aliphatic rings. The Hall–Kier alpha value is -2.25. The van der Waals surface area contributed by atoms with Crippen LogP contribution in [0, 0.1) is 6.92 Å². The summed E-state index contributed by atoms with van der Waals surface area (Å²) in [6, 6.07) is 8.31. The molecule has 0 spiro atoms. The van der Waals surface area contributed by atoms with Crippen molar-refractivity contribution in [2.45, 2.75) is 6.92 Å². The lowest BCUT2D eigenvalue weighted by Gasteiger charge is -2.09. The van der Waals surface area contributed by atoms with Crippen LogP contribution >= 0.6 is 27.5 Å². The van der Waals surface area contributed by atoms with Crippen molar-refractivity contribution in [2.24, 2.45) is 5.10 Å². The van der Waals surface area contributed by atoms with E-state index in [2.05, 4.69) is 31.8 Å². The summed E-state index contributed by atoms with van der Waals surface area (Å²) >= 11 is 9.56. The first-order valence-electron chi connectivity index (χ1n) is 7.22. The number of anilines is 1. The second-order valence-electron chi connectivity index (χ2n) is 5.02. The number of benzene rings is 2. The lowest BCUT2D eigenvalue weighted by molar-refractivity contribution is 0.252. The van der Waals surface area contributed by atoms with Crippen molar-refractivity contribution in [3.05, 3.63) is 51.0 Å². The van der Waals surface area contributed by atoms with E-state index >= 15 is 0 Å². The predicted molar refractivity (Wildman–Crippen MR) is 103 cm³/mol. The molecule has 0 saturated carbocycles. The highest BCUT2D eigenvalue weighted by atomic mass is 79.9. The van der Waals surface area contributed by atoms with Crippen LogP contribution in [0.15, 0.2) is 39.9 Å². The SMILES string of the molecule is COc1cc(Cl)c(/C=N/NC(=O)Nc2ccc(Br)c(C)c2)cc1OC. The molecule has 132 valence electrons. The van der Waals surface area contributed by atoms with Crippen molar-refractivity contribution in [3.8, 4) is 11.5 Å². The number of hydrazone groups is 1. The van der Waals surface area contributed by atoms with Crippen LogP contribution in [-0.2, 0) is 0 Å². The fourth-order valence-corrected chi connectivity index (χ4v) is 2.46. The minimum atomic E-state index is -0.463. The molecule has 0 aromatic heterocycles. The largest absolute Gasteiger partial charge is 0.493 e. The molecule has 0 fully saturated rings. The molecule has 2 aromatic rings. The number of urea groups is 1. The fraction of sp³-hybridized carbons (Fsp3) is 0.176. The minimum Gasteiger partial charge on any atom is -0.493 e. The molecule has 0 heterocycles. The number of hydrogen-bond donors (Lipinski definition) is 2. The predicted octanol–water partition coefficient (Wildman–Crippen LogP) is 4.58. The zero-order chi connectivity index (χ0) is 18.4. The number of nitrogens with one attached hydrogen (secondary N) is 2. The maximum absolute atomic E-state index is 11.9. The van der Waals surface area contributed by atoms with E-state index in [1.165, 1.54) is 20.4 Å². The van der Waals surface area contributed by atoms with Crippen molar-refractivity contribution in [1.29, 1.82) is 0 Å². The Kier molecular flexibility index (Phi) is 6.66. The van der Waals surface area contributed by atoms with Gasteiger partial charge < -0.3 is 14.8 Å². The highest BCUT2D eigenvalue weighted by Gasteiger charge is 2.08. The number of carbonyl (C=O) groups is 1. The second kappa shape index (κ2) is 8.73. The van der Waals surface area contributed by atoms with Crippen molar-refractivity contribution in [1.82, 2.24) is 5.43 Å². The normalized spacial score (nSPS) is 10.6. The van der Waals surface area contributed by atoms with E-state index in [-0.39, 0.29) is 0 Å². The number of rotatable bonds is 5. The second-order valence-corrected chi connectivity index (χ2v) is 6.28. The molecule has 0 bridgehead atoms. The van der Waals surface area contributed by atoms with Gasteiger partial charge in [-0.15, -0.1) is 0 Å². The number of halogens is 2. The average molecular weight is 427 g/mol. The number of amides is 2. The van der Waals surface area contributed by atoms with Crippen molar-refractivity contribution < 1.29 is 14.3 Å². The van der Waals surface area contributed by atoms with Crippen LogP contribution in [0.1, 0.15) is 11.1 Å². The summed E-state index contributed by atoms with van der Waals surface area (Å²) in [5.41, 5.74) is 4.64. The molecule has 0 aliphatic heterocycles. The third kappa shape index (κ3) is 5.11. The number of ether oxygens (including phenoxy) is 2. The average Bonchev–Trinajstić information content (AvgIpc) is 2.59. The van der Waals surface area contributed by atoms with Gasteiger partial charge in [-0.3, -0.25) is 0 Å². The zero-order valence-corrected chi connectivity index (χ0v) is 16.2. The van der Waals surface area contributed by atoms with E-state index in [4.69, 9.17) is 21.1 Å². The summed E-state index contributed by atoms with van der Waals surface area (Å²) in [5.74, 6) is 1.03. The summed E-state index contributed by atoms with van der Waals surface area (Å²) in [6.45, 7) is 1.93. The maximum Gasteiger partial charge on any atom is 0.339 e. The van der Waals surface area contributed by atoms with Gasteiger partial charge in [-0.05, 0) is 36.8 Å². The summed E-state index contributed by atoms with van der Waals surface area (Å²) in [5, 5.41) is 7.00. The van der Waals surface area contributed by atoms with Crippen LogP contribution in [0.25, 0.3) is 0 Å². The van der Waals surface area contributed by atoms with Gasteiger partial charge in [0, 0.05) is 21.8 Å². The van der Waals surface area contributed by atoms with E-state index in [9.17, 15) is 4.79 Å². The molecule has 2 aromatic carbocycles. The maximum atomic E-state index is 11.9. The third-order valence-corrected chi connectivity index (χ3v) is 4.51. The number of aryl methyl sites for hydroxylation is 1. The highest BCUT2D eigenvalue weighted by molar-refractivity contribution is 9.10. The van der Waals surface area contributed by atoms with Crippen molar-refractivity contribution in [2.75, 3.05) is 19.5 Å². The summed E-state index contributed by atoms with van der Waals surface area (Å²) < 4.78 is 11.3. The van der Waals surface area contributed by atoms with Gasteiger partial charge in [0.05, 0.1) is 25.5 Å². The first-order chi connectivity index (χ1) is 11.9. The van der Waals surface area contributed by atoms with Gasteiger partial charge in [-0.1, -0.05) is 27.5 Å². The molecule has 0 saturated heterocycles. The smallest absolute Gasteiger partial charge is 0.339 e. The Labute approximate surface area is 159 Å². The van der Waals surface area contributed by atoms with Crippen LogP contribution in [0.5, 0.6) is 11.5 Å². The summed E-state index contributed by atoms with van der Waals surface area (Å²) in [4.78, 5) is 11.9. The Balaban J connectivity index is 2.02. The number of hydrogen-bond acceptors (Lipinski definition) is 4. The number of methoxy groups -OCH3 is 2. The first-order valence-corrected chi connectivity index (χ1v) is 8.39. The molecule has 2 N–H and O–H groups in total. The molecule has 2 rings (SSSR count). The quantitative estimate of drug-likeness (QED) is 0.543. The van der Waals surface area contributed by atoms with Crippen LogP contribution in [0.4, 0.5) is 10.5 Å². The standard InChI is InChI=1S/C17H17BrClN3O3/c1-10-6-12(4-5-13(10)18)21-17(23)22-20-9-11-7-15(24-2)16(25-3)8-14(11)19/h4-9H,1-3H3,(H2,21,22,23)/b20-9+. The van der Waals surface area contributed by atoms with E-state index in [1.54, 1.807) is 18.2 Å². The Morgan fingerprint density at radius 2 is 1.88 bits per heavy atom. The molecule has 8 heteroatoms. The van der Waals surface area contributed by atoms with Crippen LogP contribution in [0.2, 0.25) is 5.02 Å². The highest BCUT2D eigenvalue weighted by Crippen LogP contribution is 2.32. The molecular formula is C17H17BrClN3O3. The number of nitrogens with zero attached hydrogens (tertiary/aromatic N) is 1. The molecule has 25 heavy (non-hydrogen) atoms. The first kappa shape index (κ1) is 19.1. The molecule has 0 unspecified atom stereocenters. The van der Waals surface area contributed by atoms with Gasteiger partial charge in [0.1, 0.15) is 0 Å². The van der Waals surface area contributed by atoms with E-state index in [0.717, 1.165) is 10.0 Å². The molecule has 2 amide bonds. The zero-order valence-electron chi connectivity index (χ0n) is 13.9. The van der Waals surface area contributed by atoms with Crippen LogP contribution < -0.4 is 20.2 Å². The van der Waals surface area contributed by atoms with Gasteiger partial charge >= 0.3 is 6.03 Å². The lowest BCUT2D eigenvalue weighted by Crippen LogP contribution is -2.24.